The van der Waals surface area contributed by atoms with Crippen LogP contribution in [0.25, 0.3) is 39.6 Å². The van der Waals surface area contributed by atoms with Crippen molar-refractivity contribution >= 4 is 5.57 Å². The highest BCUT2D eigenvalue weighted by molar-refractivity contribution is 5.77. The summed E-state index contributed by atoms with van der Waals surface area (Å²) in [6.45, 7) is 0.493. The topological polar surface area (TPSA) is 56.7 Å². The number of benzene rings is 2. The molecule has 3 aliphatic rings. The van der Waals surface area contributed by atoms with Crippen molar-refractivity contribution < 1.29 is 8.91 Å². The van der Waals surface area contributed by atoms with Crippen LogP contribution in [0.5, 0.6) is 0 Å². The van der Waals surface area contributed by atoms with Crippen LogP contribution in [0.4, 0.5) is 4.39 Å². The lowest BCUT2D eigenvalue weighted by atomic mass is 10.0. The quantitative estimate of drug-likeness (QED) is 0.290. The molecule has 0 unspecified atom stereocenters. The van der Waals surface area contributed by atoms with Gasteiger partial charge in [0.2, 0.25) is 0 Å². The Balaban J connectivity index is 1.20. The third kappa shape index (κ3) is 4.34. The summed E-state index contributed by atoms with van der Waals surface area (Å²) in [4.78, 5) is 8.99. The van der Waals surface area contributed by atoms with E-state index in [4.69, 9.17) is 4.52 Å². The lowest BCUT2D eigenvalue weighted by Crippen LogP contribution is -1.99. The Morgan fingerprint density at radius 3 is 2.60 bits per heavy atom. The summed E-state index contributed by atoms with van der Waals surface area (Å²) in [5.74, 6) is 0.770. The van der Waals surface area contributed by atoms with Crippen LogP contribution < -0.4 is 0 Å². The maximum absolute atomic E-state index is 14.1. The third-order valence-corrected chi connectivity index (χ3v) is 5.93. The fraction of sp³-hybridized carbons (Fsp3) is 0.0690. The monoisotopic (exact) mass is 460 g/mol. The number of halogens is 1. The second-order valence-corrected chi connectivity index (χ2v) is 8.36. The van der Waals surface area contributed by atoms with Crippen molar-refractivity contribution in [3.8, 4) is 34.0 Å². The van der Waals surface area contributed by atoms with E-state index >= 15 is 0 Å². The lowest BCUT2D eigenvalue weighted by Gasteiger charge is -2.05. The van der Waals surface area contributed by atoms with Crippen LogP contribution in [0.3, 0.4) is 0 Å². The second kappa shape index (κ2) is 8.99. The number of pyridine rings is 1. The van der Waals surface area contributed by atoms with Gasteiger partial charge in [0.25, 0.3) is 0 Å². The molecule has 0 amide bonds. The van der Waals surface area contributed by atoms with Crippen molar-refractivity contribution in [3.05, 3.63) is 121 Å². The Morgan fingerprint density at radius 1 is 0.886 bits per heavy atom. The number of fused-ring (bicyclic) bond motifs is 1. The number of imidazole rings is 1. The molecule has 0 atom stereocenters. The standard InChI is InChI=1S/C29H21FN4O/c30-25-10-6-5-9-24(25)29-31-26-15-16-34(19-28(26)32-29)18-23-17-27(33-35-23)22-13-11-21(12-14-22)20-7-3-1-2-4-8-20/h1,3-17,19H,2,18H2. The Kier molecular flexibility index (Phi) is 5.39. The molecular formula is C29H21FN4O. The Bertz CT molecular complexity index is 1560. The van der Waals surface area contributed by atoms with Crippen molar-refractivity contribution in [3.63, 3.8) is 0 Å². The molecule has 35 heavy (non-hydrogen) atoms. The Hall–Kier alpha value is -4.58. The number of aromatic nitrogens is 4. The van der Waals surface area contributed by atoms with Crippen molar-refractivity contribution in [2.75, 3.05) is 0 Å². The SMILES string of the molecule is Fc1ccccc1-c1nc2ccn(Cc3cc(-c4ccc(C5=CC=CCC=C5)cc4)no3)cc-2n1. The van der Waals surface area contributed by atoms with E-state index in [1.807, 2.05) is 29.1 Å². The normalized spacial score (nSPS) is 13.2. The van der Waals surface area contributed by atoms with Gasteiger partial charge in [-0.15, -0.1) is 0 Å². The highest BCUT2D eigenvalue weighted by Gasteiger charge is 2.16. The van der Waals surface area contributed by atoms with Crippen molar-refractivity contribution in [2.45, 2.75) is 13.0 Å². The Labute approximate surface area is 201 Å². The third-order valence-electron chi connectivity index (χ3n) is 5.93. The highest BCUT2D eigenvalue weighted by Crippen LogP contribution is 2.27. The molecule has 0 saturated carbocycles. The van der Waals surface area contributed by atoms with Gasteiger partial charge in [-0.3, -0.25) is 0 Å². The first kappa shape index (κ1) is 21.0. The summed E-state index contributed by atoms with van der Waals surface area (Å²) < 4.78 is 21.7. The largest absolute Gasteiger partial charge is 0.359 e. The van der Waals surface area contributed by atoms with Crippen LogP contribution in [0, 0.1) is 5.82 Å². The summed E-state index contributed by atoms with van der Waals surface area (Å²) in [6.07, 6.45) is 15.4. The van der Waals surface area contributed by atoms with E-state index in [9.17, 15) is 4.39 Å². The minimum Gasteiger partial charge on any atom is -0.359 e. The van der Waals surface area contributed by atoms with Gasteiger partial charge in [-0.2, -0.15) is 0 Å². The number of nitrogens with zero attached hydrogens (tertiary/aromatic N) is 4. The van der Waals surface area contributed by atoms with Crippen LogP contribution in [0.15, 0.2) is 108 Å². The molecule has 3 heterocycles. The maximum atomic E-state index is 14.1. The summed E-state index contributed by atoms with van der Waals surface area (Å²) in [5, 5.41) is 4.26. The maximum Gasteiger partial charge on any atom is 0.163 e. The van der Waals surface area contributed by atoms with Crippen molar-refractivity contribution in [1.29, 1.82) is 0 Å². The molecule has 6 rings (SSSR count). The van der Waals surface area contributed by atoms with Crippen LogP contribution in [0.2, 0.25) is 0 Å². The predicted molar refractivity (Wildman–Crippen MR) is 134 cm³/mol. The molecule has 6 heteroatoms. The van der Waals surface area contributed by atoms with Crippen LogP contribution in [-0.2, 0) is 6.54 Å². The van der Waals surface area contributed by atoms with Gasteiger partial charge in [-0.05, 0) is 35.8 Å². The summed E-state index contributed by atoms with van der Waals surface area (Å²) in [6, 6.07) is 18.7. The molecule has 1 aromatic heterocycles. The molecule has 170 valence electrons. The summed E-state index contributed by atoms with van der Waals surface area (Å²) in [7, 11) is 0. The van der Waals surface area contributed by atoms with Gasteiger partial charge in [-0.1, -0.05) is 71.9 Å². The van der Waals surface area contributed by atoms with E-state index in [0.717, 1.165) is 29.0 Å². The molecule has 5 nitrogen and oxygen atoms in total. The van der Waals surface area contributed by atoms with Crippen molar-refractivity contribution in [2.24, 2.45) is 0 Å². The summed E-state index contributed by atoms with van der Waals surface area (Å²) in [5.41, 5.74) is 5.93. The average molecular weight is 461 g/mol. The molecule has 0 N–H and O–H groups in total. The fourth-order valence-corrected chi connectivity index (χ4v) is 4.12. The van der Waals surface area contributed by atoms with E-state index in [2.05, 4.69) is 69.8 Å². The van der Waals surface area contributed by atoms with Crippen LogP contribution in [-0.4, -0.2) is 19.7 Å². The number of rotatable bonds is 5. The predicted octanol–water partition coefficient (Wildman–Crippen LogP) is 6.79. The van der Waals surface area contributed by atoms with Crippen molar-refractivity contribution in [1.82, 2.24) is 19.7 Å². The fourth-order valence-electron chi connectivity index (χ4n) is 4.12. The molecule has 2 aliphatic heterocycles. The zero-order valence-electron chi connectivity index (χ0n) is 18.8. The lowest BCUT2D eigenvalue weighted by molar-refractivity contribution is 0.378. The Morgan fingerprint density at radius 2 is 1.71 bits per heavy atom. The minimum atomic E-state index is -0.336. The van der Waals surface area contributed by atoms with E-state index in [1.165, 1.54) is 11.6 Å². The molecule has 0 fully saturated rings. The van der Waals surface area contributed by atoms with E-state index < -0.39 is 0 Å². The molecular weight excluding hydrogens is 439 g/mol. The van der Waals surface area contributed by atoms with Gasteiger partial charge in [0.05, 0.1) is 17.8 Å². The van der Waals surface area contributed by atoms with Gasteiger partial charge >= 0.3 is 0 Å². The molecule has 0 spiro atoms. The molecule has 2 aromatic carbocycles. The number of allylic oxidation sites excluding steroid dienone is 6. The van der Waals surface area contributed by atoms with E-state index in [-0.39, 0.29) is 5.82 Å². The molecule has 0 radical (unpaired) electrons. The highest BCUT2D eigenvalue weighted by atomic mass is 19.1. The first-order valence-electron chi connectivity index (χ1n) is 11.4. The number of hydrogen-bond acceptors (Lipinski definition) is 4. The van der Waals surface area contributed by atoms with Gasteiger partial charge in [0, 0.05) is 24.0 Å². The molecule has 0 saturated heterocycles. The summed E-state index contributed by atoms with van der Waals surface area (Å²) >= 11 is 0. The van der Waals surface area contributed by atoms with E-state index in [0.29, 0.717) is 29.3 Å². The first-order valence-corrected chi connectivity index (χ1v) is 11.4. The van der Waals surface area contributed by atoms with Gasteiger partial charge < -0.3 is 9.09 Å². The van der Waals surface area contributed by atoms with Crippen LogP contribution >= 0.6 is 0 Å². The van der Waals surface area contributed by atoms with E-state index in [1.54, 1.807) is 18.2 Å². The second-order valence-electron chi connectivity index (χ2n) is 8.36. The molecule has 3 aromatic rings. The van der Waals surface area contributed by atoms with Gasteiger partial charge in [-0.25, -0.2) is 14.4 Å². The molecule has 0 bridgehead atoms. The smallest absolute Gasteiger partial charge is 0.163 e. The van der Waals surface area contributed by atoms with Crippen LogP contribution in [0.1, 0.15) is 17.7 Å². The molecule has 1 aliphatic carbocycles. The van der Waals surface area contributed by atoms with Gasteiger partial charge in [0.1, 0.15) is 17.2 Å². The minimum absolute atomic E-state index is 0.336. The zero-order valence-corrected chi connectivity index (χ0v) is 18.8. The number of hydrogen-bond donors (Lipinski definition) is 0. The average Bonchev–Trinajstić information content (AvgIpc) is 3.43. The first-order chi connectivity index (χ1) is 17.2. The zero-order chi connectivity index (χ0) is 23.6. The van der Waals surface area contributed by atoms with Gasteiger partial charge in [0.15, 0.2) is 11.6 Å².